The van der Waals surface area contributed by atoms with Crippen LogP contribution in [0, 0.1) is 0 Å². The summed E-state index contributed by atoms with van der Waals surface area (Å²) in [6, 6.07) is 0.0599. The molecule has 0 aliphatic heterocycles. The lowest BCUT2D eigenvalue weighted by molar-refractivity contribution is -0.118. The number of hydrogen-bond donors (Lipinski definition) is 3. The number of carbonyl (C=O) groups excluding carboxylic acids is 1. The summed E-state index contributed by atoms with van der Waals surface area (Å²) in [6.07, 6.45) is 0.319. The van der Waals surface area contributed by atoms with Crippen molar-refractivity contribution in [3.05, 3.63) is 0 Å². The minimum Gasteiger partial charge on any atom is -0.395 e. The molecule has 4 nitrogen and oxygen atoms in total. The number of aliphatic hydroxyl groups is 1. The van der Waals surface area contributed by atoms with E-state index in [2.05, 4.69) is 5.32 Å². The topological polar surface area (TPSA) is 75.4 Å². The van der Waals surface area contributed by atoms with Crippen LogP contribution in [0.4, 0.5) is 0 Å². The Morgan fingerprint density at radius 1 is 1.80 bits per heavy atom. The Bertz CT molecular complexity index is 106. The van der Waals surface area contributed by atoms with Crippen LogP contribution in [-0.4, -0.2) is 30.2 Å². The Morgan fingerprint density at radius 3 is 2.80 bits per heavy atom. The SMILES string of the molecule is CC(CC(N)=O)NCCO. The molecule has 0 aromatic rings. The number of primary amides is 1. The highest BCUT2D eigenvalue weighted by Gasteiger charge is 2.02. The monoisotopic (exact) mass is 146 g/mol. The van der Waals surface area contributed by atoms with Crippen molar-refractivity contribution in [2.75, 3.05) is 13.2 Å². The molecule has 0 fully saturated rings. The number of aliphatic hydroxyl groups excluding tert-OH is 1. The highest BCUT2D eigenvalue weighted by molar-refractivity contribution is 5.74. The van der Waals surface area contributed by atoms with Gasteiger partial charge < -0.3 is 16.2 Å². The molecule has 1 amide bonds. The van der Waals surface area contributed by atoms with Crippen LogP contribution in [0.25, 0.3) is 0 Å². The maximum atomic E-state index is 10.3. The molecule has 1 unspecified atom stereocenters. The van der Waals surface area contributed by atoms with Crippen molar-refractivity contribution in [1.82, 2.24) is 5.32 Å². The summed E-state index contributed by atoms with van der Waals surface area (Å²) in [6.45, 7) is 2.44. The predicted octanol–water partition coefficient (Wildman–Crippen LogP) is -1.17. The zero-order chi connectivity index (χ0) is 7.98. The highest BCUT2D eigenvalue weighted by Crippen LogP contribution is 1.86. The molecular formula is C6H14N2O2. The largest absolute Gasteiger partial charge is 0.395 e. The van der Waals surface area contributed by atoms with Gasteiger partial charge in [-0.05, 0) is 6.92 Å². The van der Waals surface area contributed by atoms with Crippen LogP contribution in [0.1, 0.15) is 13.3 Å². The Kier molecular flexibility index (Phi) is 4.88. The Labute approximate surface area is 60.4 Å². The number of nitrogens with two attached hydrogens (primary N) is 1. The molecular weight excluding hydrogens is 132 g/mol. The highest BCUT2D eigenvalue weighted by atomic mass is 16.3. The molecule has 0 spiro atoms. The lowest BCUT2D eigenvalue weighted by Crippen LogP contribution is -2.32. The van der Waals surface area contributed by atoms with E-state index in [0.29, 0.717) is 13.0 Å². The molecule has 0 aliphatic rings. The van der Waals surface area contributed by atoms with Gasteiger partial charge in [0.25, 0.3) is 0 Å². The van der Waals surface area contributed by atoms with Gasteiger partial charge in [0.2, 0.25) is 5.91 Å². The van der Waals surface area contributed by atoms with Gasteiger partial charge in [-0.3, -0.25) is 4.79 Å². The Morgan fingerprint density at radius 2 is 2.40 bits per heavy atom. The molecule has 0 radical (unpaired) electrons. The van der Waals surface area contributed by atoms with Gasteiger partial charge in [0.1, 0.15) is 0 Å². The average Bonchev–Trinajstić information content (AvgIpc) is 1.82. The first-order chi connectivity index (χ1) is 4.66. The first-order valence-corrected chi connectivity index (χ1v) is 3.29. The zero-order valence-electron chi connectivity index (χ0n) is 6.13. The maximum Gasteiger partial charge on any atom is 0.218 e. The molecule has 0 rings (SSSR count). The second-order valence-corrected chi connectivity index (χ2v) is 2.25. The molecule has 0 saturated carbocycles. The number of nitrogens with one attached hydrogen (secondary N) is 1. The summed E-state index contributed by atoms with van der Waals surface area (Å²) in [4.78, 5) is 10.3. The van der Waals surface area contributed by atoms with Crippen molar-refractivity contribution in [3.8, 4) is 0 Å². The molecule has 0 heterocycles. The third-order valence-corrected chi connectivity index (χ3v) is 1.11. The molecule has 0 aliphatic carbocycles. The first-order valence-electron chi connectivity index (χ1n) is 3.29. The third-order valence-electron chi connectivity index (χ3n) is 1.11. The van der Waals surface area contributed by atoms with Crippen LogP contribution in [0.5, 0.6) is 0 Å². The van der Waals surface area contributed by atoms with Gasteiger partial charge in [-0.15, -0.1) is 0 Å². The quantitative estimate of drug-likeness (QED) is 0.457. The van der Waals surface area contributed by atoms with E-state index in [1.54, 1.807) is 0 Å². The molecule has 0 aromatic heterocycles. The number of rotatable bonds is 5. The van der Waals surface area contributed by atoms with Crippen LogP contribution >= 0.6 is 0 Å². The van der Waals surface area contributed by atoms with E-state index in [1.807, 2.05) is 6.92 Å². The van der Waals surface area contributed by atoms with Gasteiger partial charge in [-0.2, -0.15) is 0 Å². The second-order valence-electron chi connectivity index (χ2n) is 2.25. The second kappa shape index (κ2) is 5.20. The number of carbonyl (C=O) groups is 1. The molecule has 4 N–H and O–H groups in total. The molecule has 4 heteroatoms. The van der Waals surface area contributed by atoms with E-state index in [-0.39, 0.29) is 18.6 Å². The molecule has 1 atom stereocenters. The predicted molar refractivity (Wildman–Crippen MR) is 38.4 cm³/mol. The fourth-order valence-electron chi connectivity index (χ4n) is 0.685. The van der Waals surface area contributed by atoms with Crippen LogP contribution in [0.3, 0.4) is 0 Å². The Hall–Kier alpha value is -0.610. The van der Waals surface area contributed by atoms with E-state index in [9.17, 15) is 4.79 Å². The molecule has 10 heavy (non-hydrogen) atoms. The van der Waals surface area contributed by atoms with Gasteiger partial charge in [0.15, 0.2) is 0 Å². The van der Waals surface area contributed by atoms with E-state index in [0.717, 1.165) is 0 Å². The average molecular weight is 146 g/mol. The first kappa shape index (κ1) is 9.39. The van der Waals surface area contributed by atoms with Crippen molar-refractivity contribution in [3.63, 3.8) is 0 Å². The summed E-state index contributed by atoms with van der Waals surface area (Å²) < 4.78 is 0. The summed E-state index contributed by atoms with van der Waals surface area (Å²) in [5.41, 5.74) is 4.92. The third kappa shape index (κ3) is 5.53. The summed E-state index contributed by atoms with van der Waals surface area (Å²) in [5.74, 6) is -0.321. The molecule has 0 aromatic carbocycles. The van der Waals surface area contributed by atoms with Crippen molar-refractivity contribution in [2.24, 2.45) is 5.73 Å². The Balaban J connectivity index is 3.25. The summed E-state index contributed by atoms with van der Waals surface area (Å²) in [7, 11) is 0. The van der Waals surface area contributed by atoms with Crippen LogP contribution < -0.4 is 11.1 Å². The van der Waals surface area contributed by atoms with E-state index in [4.69, 9.17) is 10.8 Å². The van der Waals surface area contributed by atoms with Gasteiger partial charge in [-0.1, -0.05) is 0 Å². The standard InChI is InChI=1S/C6H14N2O2/c1-5(4-6(7)10)8-2-3-9/h5,8-9H,2-4H2,1H3,(H2,7,10). The van der Waals surface area contributed by atoms with Crippen LogP contribution in [-0.2, 0) is 4.79 Å². The zero-order valence-corrected chi connectivity index (χ0v) is 6.13. The minimum atomic E-state index is -0.321. The van der Waals surface area contributed by atoms with E-state index in [1.165, 1.54) is 0 Å². The lowest BCUT2D eigenvalue weighted by atomic mass is 10.2. The summed E-state index contributed by atoms with van der Waals surface area (Å²) in [5, 5.41) is 11.3. The number of hydrogen-bond acceptors (Lipinski definition) is 3. The van der Waals surface area contributed by atoms with E-state index >= 15 is 0 Å². The normalized spacial score (nSPS) is 13.0. The minimum absolute atomic E-state index is 0.0599. The van der Waals surface area contributed by atoms with Crippen molar-refractivity contribution < 1.29 is 9.90 Å². The lowest BCUT2D eigenvalue weighted by Gasteiger charge is -2.09. The summed E-state index contributed by atoms with van der Waals surface area (Å²) >= 11 is 0. The fraction of sp³-hybridized carbons (Fsp3) is 0.833. The van der Waals surface area contributed by atoms with Gasteiger partial charge in [0.05, 0.1) is 6.61 Å². The number of amides is 1. The molecule has 60 valence electrons. The van der Waals surface area contributed by atoms with Crippen molar-refractivity contribution >= 4 is 5.91 Å². The van der Waals surface area contributed by atoms with Crippen LogP contribution in [0.15, 0.2) is 0 Å². The smallest absolute Gasteiger partial charge is 0.218 e. The van der Waals surface area contributed by atoms with Gasteiger partial charge in [0, 0.05) is 19.0 Å². The van der Waals surface area contributed by atoms with Crippen molar-refractivity contribution in [2.45, 2.75) is 19.4 Å². The molecule has 0 saturated heterocycles. The van der Waals surface area contributed by atoms with Gasteiger partial charge in [-0.25, -0.2) is 0 Å². The van der Waals surface area contributed by atoms with Gasteiger partial charge >= 0.3 is 0 Å². The fourth-order valence-corrected chi connectivity index (χ4v) is 0.685. The van der Waals surface area contributed by atoms with E-state index < -0.39 is 0 Å². The maximum absolute atomic E-state index is 10.3. The van der Waals surface area contributed by atoms with Crippen molar-refractivity contribution in [1.29, 1.82) is 0 Å². The molecule has 0 bridgehead atoms. The van der Waals surface area contributed by atoms with Crippen LogP contribution in [0.2, 0.25) is 0 Å².